The normalized spacial score (nSPS) is 15.7. The summed E-state index contributed by atoms with van der Waals surface area (Å²) in [6.07, 6.45) is 4.90. The molecule has 25 heavy (non-hydrogen) atoms. The Hall–Kier alpha value is -2.77. The standard InChI is InChI=1S/C17H19FN6O/c1-11-12(2)17(22-24-10-20-21-16(11)24)23-7-5-13(6-8-23)25-14-3-4-15(18)19-9-14/h3-4,9-10,13H,5-8H2,1-2H3. The number of ether oxygens (including phenoxy) is 1. The number of nitrogens with zero attached hydrogens (tertiary/aromatic N) is 6. The Labute approximate surface area is 144 Å². The molecule has 7 nitrogen and oxygen atoms in total. The van der Waals surface area contributed by atoms with E-state index in [4.69, 9.17) is 4.74 Å². The summed E-state index contributed by atoms with van der Waals surface area (Å²) in [5.41, 5.74) is 3.02. The maximum atomic E-state index is 12.9. The fraction of sp³-hybridized carbons (Fsp3) is 0.412. The van der Waals surface area contributed by atoms with E-state index in [1.807, 2.05) is 6.92 Å². The molecule has 1 aliphatic heterocycles. The fourth-order valence-electron chi connectivity index (χ4n) is 3.17. The quantitative estimate of drug-likeness (QED) is 0.681. The highest BCUT2D eigenvalue weighted by Crippen LogP contribution is 2.26. The number of pyridine rings is 1. The average molecular weight is 342 g/mol. The summed E-state index contributed by atoms with van der Waals surface area (Å²) in [6.45, 7) is 5.81. The van der Waals surface area contributed by atoms with Crippen molar-refractivity contribution in [2.24, 2.45) is 0 Å². The van der Waals surface area contributed by atoms with Gasteiger partial charge in [-0.2, -0.15) is 8.91 Å². The summed E-state index contributed by atoms with van der Waals surface area (Å²) in [5, 5.41) is 12.7. The minimum atomic E-state index is -0.497. The highest BCUT2D eigenvalue weighted by Gasteiger charge is 2.24. The molecule has 3 aromatic rings. The number of rotatable bonds is 3. The highest BCUT2D eigenvalue weighted by atomic mass is 19.1. The van der Waals surface area contributed by atoms with Crippen LogP contribution in [0.2, 0.25) is 0 Å². The van der Waals surface area contributed by atoms with E-state index in [-0.39, 0.29) is 6.10 Å². The predicted molar refractivity (Wildman–Crippen MR) is 90.3 cm³/mol. The molecule has 1 aliphatic rings. The molecule has 0 radical (unpaired) electrons. The minimum Gasteiger partial charge on any atom is -0.489 e. The van der Waals surface area contributed by atoms with Crippen molar-refractivity contribution in [1.82, 2.24) is 24.8 Å². The fourth-order valence-corrected chi connectivity index (χ4v) is 3.17. The van der Waals surface area contributed by atoms with Gasteiger partial charge in [0.1, 0.15) is 18.2 Å². The number of aromatic nitrogens is 5. The third-order valence-electron chi connectivity index (χ3n) is 4.71. The van der Waals surface area contributed by atoms with Crippen LogP contribution in [0.1, 0.15) is 24.0 Å². The van der Waals surface area contributed by atoms with E-state index in [1.54, 1.807) is 16.9 Å². The van der Waals surface area contributed by atoms with E-state index >= 15 is 0 Å². The molecule has 0 saturated carbocycles. The Bertz CT molecular complexity index is 886. The van der Waals surface area contributed by atoms with Crippen LogP contribution in [0, 0.1) is 19.8 Å². The van der Waals surface area contributed by atoms with Crippen LogP contribution >= 0.6 is 0 Å². The van der Waals surface area contributed by atoms with Gasteiger partial charge in [-0.25, -0.2) is 4.98 Å². The van der Waals surface area contributed by atoms with Crippen LogP contribution < -0.4 is 9.64 Å². The van der Waals surface area contributed by atoms with Crippen molar-refractivity contribution in [3.05, 3.63) is 41.7 Å². The smallest absolute Gasteiger partial charge is 0.213 e. The van der Waals surface area contributed by atoms with Crippen molar-refractivity contribution < 1.29 is 9.13 Å². The van der Waals surface area contributed by atoms with E-state index < -0.39 is 5.95 Å². The van der Waals surface area contributed by atoms with Crippen molar-refractivity contribution in [3.63, 3.8) is 0 Å². The van der Waals surface area contributed by atoms with E-state index in [1.165, 1.54) is 12.3 Å². The molecular formula is C17H19FN6O. The summed E-state index contributed by atoms with van der Waals surface area (Å²) < 4.78 is 20.5. The van der Waals surface area contributed by atoms with Crippen LogP contribution in [-0.4, -0.2) is 44.0 Å². The molecule has 0 N–H and O–H groups in total. The second kappa shape index (κ2) is 6.27. The van der Waals surface area contributed by atoms with Crippen LogP contribution in [0.4, 0.5) is 10.2 Å². The zero-order valence-electron chi connectivity index (χ0n) is 14.2. The van der Waals surface area contributed by atoms with E-state index in [0.29, 0.717) is 5.75 Å². The Morgan fingerprint density at radius 3 is 2.68 bits per heavy atom. The van der Waals surface area contributed by atoms with Gasteiger partial charge in [-0.05, 0) is 26.0 Å². The minimum absolute atomic E-state index is 0.101. The largest absolute Gasteiger partial charge is 0.489 e. The number of anilines is 1. The van der Waals surface area contributed by atoms with Crippen LogP contribution in [0.15, 0.2) is 24.7 Å². The van der Waals surface area contributed by atoms with Gasteiger partial charge >= 0.3 is 0 Å². The lowest BCUT2D eigenvalue weighted by Crippen LogP contribution is -2.39. The van der Waals surface area contributed by atoms with Gasteiger partial charge in [0.2, 0.25) is 5.95 Å². The molecule has 3 aromatic heterocycles. The lowest BCUT2D eigenvalue weighted by Gasteiger charge is -2.33. The van der Waals surface area contributed by atoms with Gasteiger partial charge in [0.15, 0.2) is 11.5 Å². The van der Waals surface area contributed by atoms with Gasteiger partial charge in [-0.1, -0.05) is 0 Å². The molecule has 1 saturated heterocycles. The van der Waals surface area contributed by atoms with Gasteiger partial charge in [-0.3, -0.25) is 0 Å². The maximum Gasteiger partial charge on any atom is 0.213 e. The molecule has 0 bridgehead atoms. The van der Waals surface area contributed by atoms with Crippen molar-refractivity contribution in [1.29, 1.82) is 0 Å². The van der Waals surface area contributed by atoms with Gasteiger partial charge < -0.3 is 9.64 Å². The number of hydrogen-bond acceptors (Lipinski definition) is 6. The van der Waals surface area contributed by atoms with E-state index in [9.17, 15) is 4.39 Å². The summed E-state index contributed by atoms with van der Waals surface area (Å²) >= 11 is 0. The second-order valence-electron chi connectivity index (χ2n) is 6.29. The molecule has 4 heterocycles. The Morgan fingerprint density at radius 1 is 1.16 bits per heavy atom. The molecule has 1 fully saturated rings. The lowest BCUT2D eigenvalue weighted by atomic mass is 10.1. The van der Waals surface area contributed by atoms with Crippen molar-refractivity contribution in [3.8, 4) is 5.75 Å². The van der Waals surface area contributed by atoms with Crippen LogP contribution in [0.3, 0.4) is 0 Å². The molecule has 0 atom stereocenters. The summed E-state index contributed by atoms with van der Waals surface area (Å²) in [6, 6.07) is 2.93. The van der Waals surface area contributed by atoms with E-state index in [2.05, 4.69) is 32.1 Å². The van der Waals surface area contributed by atoms with Crippen LogP contribution in [0.5, 0.6) is 5.75 Å². The molecule has 8 heteroatoms. The van der Waals surface area contributed by atoms with E-state index in [0.717, 1.165) is 48.5 Å². The number of hydrogen-bond donors (Lipinski definition) is 0. The highest BCUT2D eigenvalue weighted by molar-refractivity contribution is 5.58. The topological polar surface area (TPSA) is 68.4 Å². The van der Waals surface area contributed by atoms with Gasteiger partial charge in [-0.15, -0.1) is 15.3 Å². The predicted octanol–water partition coefficient (Wildman–Crippen LogP) is 2.32. The SMILES string of the molecule is Cc1c(N2CCC(Oc3ccc(F)nc3)CC2)nn2cnnc2c1C. The summed E-state index contributed by atoms with van der Waals surface area (Å²) in [5.74, 6) is 1.08. The van der Waals surface area contributed by atoms with Crippen LogP contribution in [0.25, 0.3) is 5.65 Å². The third kappa shape index (κ3) is 2.99. The molecule has 130 valence electrons. The Kier molecular flexibility index (Phi) is 3.95. The number of piperidine rings is 1. The zero-order chi connectivity index (χ0) is 17.4. The Balaban J connectivity index is 1.46. The second-order valence-corrected chi connectivity index (χ2v) is 6.29. The monoisotopic (exact) mass is 342 g/mol. The first-order valence-corrected chi connectivity index (χ1v) is 8.32. The average Bonchev–Trinajstić information content (AvgIpc) is 3.10. The van der Waals surface area contributed by atoms with Gasteiger partial charge in [0.25, 0.3) is 0 Å². The molecular weight excluding hydrogens is 323 g/mol. The third-order valence-corrected chi connectivity index (χ3v) is 4.71. The van der Waals surface area contributed by atoms with Crippen molar-refractivity contribution >= 4 is 11.5 Å². The lowest BCUT2D eigenvalue weighted by molar-refractivity contribution is 0.169. The first-order valence-electron chi connectivity index (χ1n) is 8.32. The Morgan fingerprint density at radius 2 is 1.96 bits per heavy atom. The van der Waals surface area contributed by atoms with Crippen molar-refractivity contribution in [2.75, 3.05) is 18.0 Å². The first kappa shape index (κ1) is 15.7. The summed E-state index contributed by atoms with van der Waals surface area (Å²) in [4.78, 5) is 5.89. The van der Waals surface area contributed by atoms with Gasteiger partial charge in [0.05, 0.1) is 6.20 Å². The summed E-state index contributed by atoms with van der Waals surface area (Å²) in [7, 11) is 0. The molecule has 0 spiro atoms. The van der Waals surface area contributed by atoms with Gasteiger partial charge in [0, 0.05) is 37.1 Å². The number of halogens is 1. The zero-order valence-corrected chi connectivity index (χ0v) is 14.2. The number of aryl methyl sites for hydroxylation is 1. The maximum absolute atomic E-state index is 12.9. The number of fused-ring (bicyclic) bond motifs is 1. The van der Waals surface area contributed by atoms with Crippen molar-refractivity contribution in [2.45, 2.75) is 32.8 Å². The first-order chi connectivity index (χ1) is 12.1. The molecule has 0 aromatic carbocycles. The van der Waals surface area contributed by atoms with Crippen LogP contribution in [-0.2, 0) is 0 Å². The molecule has 4 rings (SSSR count). The molecule has 0 amide bonds. The molecule has 0 aliphatic carbocycles. The molecule has 0 unspecified atom stereocenters.